The molecule has 8 heteroatoms. The van der Waals surface area contributed by atoms with Gasteiger partial charge in [0.05, 0.1) is 34.4 Å². The monoisotopic (exact) mass is 935 g/mol. The van der Waals surface area contributed by atoms with E-state index in [0.717, 1.165) is 38.5 Å². The lowest BCUT2D eigenvalue weighted by atomic mass is 10.0. The van der Waals surface area contributed by atoms with Gasteiger partial charge in [-0.1, -0.05) is 244 Å². The van der Waals surface area contributed by atoms with Crippen LogP contribution in [-0.2, 0) is 28.6 Å². The Kier molecular flexibility index (Phi) is 48.0. The third kappa shape index (κ3) is 47.1. The van der Waals surface area contributed by atoms with Crippen molar-refractivity contribution in [3.63, 3.8) is 0 Å². The summed E-state index contributed by atoms with van der Waals surface area (Å²) >= 11 is 0. The number of ether oxygens (including phenoxy) is 3. The number of allylic oxidation sites excluding steroid dienone is 2. The number of aliphatic carboxylic acids is 1. The summed E-state index contributed by atoms with van der Waals surface area (Å²) in [4.78, 5) is 37.3. The lowest BCUT2D eigenvalue weighted by Gasteiger charge is -2.31. The van der Waals surface area contributed by atoms with E-state index >= 15 is 0 Å². The zero-order valence-electron chi connectivity index (χ0n) is 44.7. The highest BCUT2D eigenvalue weighted by molar-refractivity contribution is 5.72. The first-order chi connectivity index (χ1) is 32.1. The van der Waals surface area contributed by atoms with Crippen molar-refractivity contribution in [2.75, 3.05) is 41.0 Å². The molecule has 1 N–H and O–H groups in total. The van der Waals surface area contributed by atoms with Crippen molar-refractivity contribution in [3.8, 4) is 0 Å². The summed E-state index contributed by atoms with van der Waals surface area (Å²) in [6.07, 6.45) is 57.0. The van der Waals surface area contributed by atoms with Crippen LogP contribution in [0.2, 0.25) is 0 Å². The Labute approximate surface area is 409 Å². The molecule has 0 spiro atoms. The Morgan fingerprint density at radius 1 is 0.439 bits per heavy atom. The molecule has 2 unspecified atom stereocenters. The Bertz CT molecular complexity index is 1090. The van der Waals surface area contributed by atoms with Crippen LogP contribution in [0.5, 0.6) is 0 Å². The van der Waals surface area contributed by atoms with Crippen molar-refractivity contribution in [3.05, 3.63) is 12.2 Å². The van der Waals surface area contributed by atoms with Crippen molar-refractivity contribution in [2.45, 2.75) is 302 Å². The first kappa shape index (κ1) is 64.1. The molecule has 0 fully saturated rings. The van der Waals surface area contributed by atoms with Crippen LogP contribution < -0.4 is 0 Å². The zero-order valence-corrected chi connectivity index (χ0v) is 44.7. The van der Waals surface area contributed by atoms with Crippen LogP contribution in [0.1, 0.15) is 290 Å². The average molecular weight is 936 g/mol. The normalized spacial score (nSPS) is 12.8. The van der Waals surface area contributed by atoms with Crippen molar-refractivity contribution >= 4 is 17.9 Å². The molecule has 0 aliphatic carbocycles. The molecule has 0 aromatic rings. The van der Waals surface area contributed by atoms with Crippen LogP contribution in [0, 0.1) is 0 Å². The maximum absolute atomic E-state index is 12.8. The van der Waals surface area contributed by atoms with Gasteiger partial charge in [0.1, 0.15) is 6.61 Å². The fourth-order valence-corrected chi connectivity index (χ4v) is 8.97. The van der Waals surface area contributed by atoms with Gasteiger partial charge in [-0.2, -0.15) is 0 Å². The number of quaternary nitrogens is 1. The van der Waals surface area contributed by atoms with Gasteiger partial charge in [0.25, 0.3) is 0 Å². The summed E-state index contributed by atoms with van der Waals surface area (Å²) in [6.45, 7) is 4.80. The van der Waals surface area contributed by atoms with E-state index in [-0.39, 0.29) is 36.2 Å². The minimum Gasteiger partial charge on any atom is -0.477 e. The van der Waals surface area contributed by atoms with E-state index in [1.54, 1.807) is 0 Å². The van der Waals surface area contributed by atoms with E-state index in [2.05, 4.69) is 26.0 Å². The quantitative estimate of drug-likeness (QED) is 0.0281. The fraction of sp³-hybridized carbons (Fsp3) is 0.914. The summed E-state index contributed by atoms with van der Waals surface area (Å²) in [5.74, 6) is -1.45. The molecule has 0 amide bonds. The third-order valence-electron chi connectivity index (χ3n) is 13.4. The molecular weight excluding hydrogens is 823 g/mol. The molecule has 66 heavy (non-hydrogen) atoms. The summed E-state index contributed by atoms with van der Waals surface area (Å²) in [5, 5.41) is 9.67. The van der Waals surface area contributed by atoms with Gasteiger partial charge in [-0.05, 0) is 38.5 Å². The third-order valence-corrected chi connectivity index (χ3v) is 13.4. The van der Waals surface area contributed by atoms with Crippen LogP contribution in [-0.4, -0.2) is 80.6 Å². The number of carbonyl (C=O) groups excluding carboxylic acids is 2. The van der Waals surface area contributed by atoms with Gasteiger partial charge < -0.3 is 23.8 Å². The topological polar surface area (TPSA) is 99.1 Å². The second-order valence-electron chi connectivity index (χ2n) is 20.9. The molecule has 8 nitrogen and oxygen atoms in total. The summed E-state index contributed by atoms with van der Waals surface area (Å²) in [7, 11) is 5.55. The molecule has 0 aromatic heterocycles. The van der Waals surface area contributed by atoms with E-state index in [9.17, 15) is 19.5 Å². The van der Waals surface area contributed by atoms with Crippen molar-refractivity contribution in [2.24, 2.45) is 0 Å². The predicted molar refractivity (Wildman–Crippen MR) is 280 cm³/mol. The Balaban J connectivity index is 4.14. The highest BCUT2D eigenvalue weighted by atomic mass is 16.6. The van der Waals surface area contributed by atoms with Crippen molar-refractivity contribution in [1.29, 1.82) is 0 Å². The van der Waals surface area contributed by atoms with Gasteiger partial charge in [-0.3, -0.25) is 9.59 Å². The number of carboxylic acid groups (broad SMARTS) is 1. The highest BCUT2D eigenvalue weighted by Crippen LogP contribution is 2.17. The van der Waals surface area contributed by atoms with Crippen LogP contribution in [0.3, 0.4) is 0 Å². The average Bonchev–Trinajstić information content (AvgIpc) is 3.28. The first-order valence-electron chi connectivity index (χ1n) is 28.7. The number of rotatable bonds is 53. The number of carbonyl (C=O) groups is 3. The summed E-state index contributed by atoms with van der Waals surface area (Å²) in [5.41, 5.74) is 0. The van der Waals surface area contributed by atoms with E-state index in [1.807, 2.05) is 21.1 Å². The van der Waals surface area contributed by atoms with Crippen LogP contribution >= 0.6 is 0 Å². The molecule has 0 aliphatic heterocycles. The number of hydrogen-bond donors (Lipinski definition) is 1. The van der Waals surface area contributed by atoms with E-state index < -0.39 is 18.1 Å². The predicted octanol–water partition coefficient (Wildman–Crippen LogP) is 17.0. The maximum Gasteiger partial charge on any atom is 0.362 e. The van der Waals surface area contributed by atoms with Crippen LogP contribution in [0.25, 0.3) is 0 Å². The van der Waals surface area contributed by atoms with Crippen LogP contribution in [0.4, 0.5) is 0 Å². The minimum absolute atomic E-state index is 0.0456. The van der Waals surface area contributed by atoms with Gasteiger partial charge in [0.2, 0.25) is 0 Å². The first-order valence-corrected chi connectivity index (χ1v) is 28.7. The summed E-state index contributed by atoms with van der Waals surface area (Å²) in [6, 6.07) is -0.612. The van der Waals surface area contributed by atoms with E-state index in [0.29, 0.717) is 19.3 Å². The number of unbranched alkanes of at least 4 members (excludes halogenated alkanes) is 37. The number of nitrogens with zero attached hydrogens (tertiary/aromatic N) is 1. The largest absolute Gasteiger partial charge is 0.477 e. The Morgan fingerprint density at radius 3 is 1.09 bits per heavy atom. The van der Waals surface area contributed by atoms with Crippen LogP contribution in [0.15, 0.2) is 12.2 Å². The second kappa shape index (κ2) is 49.5. The van der Waals surface area contributed by atoms with Gasteiger partial charge in [0, 0.05) is 19.3 Å². The standard InChI is InChI=1S/C58H111NO7/c1-6-8-10-12-14-16-18-20-22-24-26-28-30-32-34-36-38-40-42-44-46-48-56(60)65-53-54(52-64-51-50-55(58(62)63)59(3,4)5)66-57(61)49-47-45-43-41-39-37-35-33-31-29-27-25-23-21-19-17-15-13-11-9-7-2/h29,31,54-55H,6-28,30,32-53H2,1-5H3/p+1/b31-29+. The van der Waals surface area contributed by atoms with E-state index in [4.69, 9.17) is 14.2 Å². The molecule has 2 atom stereocenters. The zero-order chi connectivity index (χ0) is 48.4. The Hall–Kier alpha value is -1.93. The number of esters is 2. The highest BCUT2D eigenvalue weighted by Gasteiger charge is 2.31. The van der Waals surface area contributed by atoms with Gasteiger partial charge >= 0.3 is 17.9 Å². The number of carboxylic acids is 1. The molecule has 0 radical (unpaired) electrons. The molecular formula is C58H112NO7+. The molecule has 390 valence electrons. The van der Waals surface area contributed by atoms with Gasteiger partial charge in [-0.15, -0.1) is 0 Å². The van der Waals surface area contributed by atoms with Gasteiger partial charge in [-0.25, -0.2) is 4.79 Å². The SMILES string of the molecule is CCCCCCCCCCCC/C=C/CCCCCCCCCC(=O)OC(COCCC(C(=O)O)[N+](C)(C)C)COC(=O)CCCCCCCCCCCCCCCCCCCCCCC. The number of likely N-dealkylation sites (N-methyl/N-ethyl adjacent to an activating group) is 1. The molecule has 0 bridgehead atoms. The van der Waals surface area contributed by atoms with E-state index in [1.165, 1.54) is 218 Å². The minimum atomic E-state index is -0.870. The summed E-state index contributed by atoms with van der Waals surface area (Å²) < 4.78 is 17.4. The lowest BCUT2D eigenvalue weighted by Crippen LogP contribution is -2.50. The molecule has 0 saturated carbocycles. The second-order valence-corrected chi connectivity index (χ2v) is 20.9. The molecule has 0 rings (SSSR count). The fourth-order valence-electron chi connectivity index (χ4n) is 8.97. The van der Waals surface area contributed by atoms with Crippen molar-refractivity contribution < 1.29 is 38.2 Å². The molecule has 0 aliphatic rings. The number of hydrogen-bond acceptors (Lipinski definition) is 6. The Morgan fingerprint density at radius 2 is 0.758 bits per heavy atom. The van der Waals surface area contributed by atoms with Crippen molar-refractivity contribution in [1.82, 2.24) is 0 Å². The molecule has 0 heterocycles. The van der Waals surface area contributed by atoms with Gasteiger partial charge in [0.15, 0.2) is 12.1 Å². The lowest BCUT2D eigenvalue weighted by molar-refractivity contribution is -0.887. The maximum atomic E-state index is 12.8. The smallest absolute Gasteiger partial charge is 0.362 e. The molecule has 0 aromatic carbocycles. The molecule has 0 saturated heterocycles.